The second-order valence-electron chi connectivity index (χ2n) is 8.89. The van der Waals surface area contributed by atoms with Gasteiger partial charge in [0.25, 0.3) is 17.7 Å². The Kier molecular flexibility index (Phi) is 6.64. The molecule has 1 fully saturated rings. The lowest BCUT2D eigenvalue weighted by Gasteiger charge is -2.37. The van der Waals surface area contributed by atoms with Crippen molar-refractivity contribution in [3.8, 4) is 0 Å². The van der Waals surface area contributed by atoms with E-state index in [4.69, 9.17) is 9.72 Å². The van der Waals surface area contributed by atoms with Gasteiger partial charge in [-0.3, -0.25) is 24.2 Å². The Bertz CT molecular complexity index is 1250. The van der Waals surface area contributed by atoms with Gasteiger partial charge in [-0.05, 0) is 43.7 Å². The summed E-state index contributed by atoms with van der Waals surface area (Å²) in [4.78, 5) is 48.8. The number of ether oxygens (including phenoxy) is 1. The van der Waals surface area contributed by atoms with E-state index in [9.17, 15) is 14.4 Å². The SMILES string of the molecule is COCCCN1C(=O)c2ccc(C(=O)N3CCN([C@H](C)c4nc5ccccc5s4)CC3)cc2C1=O. The van der Waals surface area contributed by atoms with Gasteiger partial charge in [0.2, 0.25) is 0 Å². The molecule has 35 heavy (non-hydrogen) atoms. The summed E-state index contributed by atoms with van der Waals surface area (Å²) in [5.74, 6) is -0.763. The van der Waals surface area contributed by atoms with Crippen molar-refractivity contribution in [2.45, 2.75) is 19.4 Å². The maximum Gasteiger partial charge on any atom is 0.261 e. The first-order chi connectivity index (χ1) is 17.0. The van der Waals surface area contributed by atoms with Gasteiger partial charge in [0.05, 0.1) is 27.4 Å². The lowest BCUT2D eigenvalue weighted by atomic mass is 10.0. The smallest absolute Gasteiger partial charge is 0.261 e. The number of carbonyl (C=O) groups is 3. The number of aromatic nitrogens is 1. The van der Waals surface area contributed by atoms with Crippen molar-refractivity contribution in [2.24, 2.45) is 0 Å². The number of fused-ring (bicyclic) bond motifs is 2. The molecule has 1 aromatic heterocycles. The Morgan fingerprint density at radius 2 is 1.80 bits per heavy atom. The molecular weight excluding hydrogens is 464 g/mol. The van der Waals surface area contributed by atoms with Gasteiger partial charge in [-0.15, -0.1) is 11.3 Å². The minimum absolute atomic E-state index is 0.113. The van der Waals surface area contributed by atoms with E-state index in [1.54, 1.807) is 36.6 Å². The lowest BCUT2D eigenvalue weighted by Crippen LogP contribution is -2.49. The first kappa shape index (κ1) is 23.6. The number of rotatable bonds is 7. The first-order valence-electron chi connectivity index (χ1n) is 11.9. The number of piperazine rings is 1. The maximum absolute atomic E-state index is 13.2. The molecule has 0 N–H and O–H groups in total. The Morgan fingerprint density at radius 1 is 1.06 bits per heavy atom. The monoisotopic (exact) mass is 492 g/mol. The van der Waals surface area contributed by atoms with Gasteiger partial charge in [-0.25, -0.2) is 4.98 Å². The molecule has 1 saturated heterocycles. The molecule has 0 saturated carbocycles. The zero-order chi connectivity index (χ0) is 24.5. The number of benzene rings is 2. The molecule has 2 aromatic carbocycles. The van der Waals surface area contributed by atoms with Gasteiger partial charge in [-0.1, -0.05) is 12.1 Å². The number of hydrogen-bond donors (Lipinski definition) is 0. The summed E-state index contributed by atoms with van der Waals surface area (Å²) in [6.45, 7) is 5.63. The van der Waals surface area contributed by atoms with Crippen LogP contribution >= 0.6 is 11.3 Å². The van der Waals surface area contributed by atoms with Crippen LogP contribution in [0.2, 0.25) is 0 Å². The minimum atomic E-state index is -0.342. The van der Waals surface area contributed by atoms with Crippen LogP contribution in [0, 0.1) is 0 Å². The summed E-state index contributed by atoms with van der Waals surface area (Å²) in [6.07, 6.45) is 0.577. The Hall–Kier alpha value is -3.14. The van der Waals surface area contributed by atoms with Crippen molar-refractivity contribution in [2.75, 3.05) is 46.4 Å². The number of hydrogen-bond acceptors (Lipinski definition) is 7. The largest absolute Gasteiger partial charge is 0.385 e. The minimum Gasteiger partial charge on any atom is -0.385 e. The van der Waals surface area contributed by atoms with Gasteiger partial charge >= 0.3 is 0 Å². The van der Waals surface area contributed by atoms with Gasteiger partial charge < -0.3 is 9.64 Å². The van der Waals surface area contributed by atoms with E-state index in [1.165, 1.54) is 9.60 Å². The van der Waals surface area contributed by atoms with Crippen molar-refractivity contribution >= 4 is 39.3 Å². The van der Waals surface area contributed by atoms with Crippen molar-refractivity contribution in [1.29, 1.82) is 0 Å². The van der Waals surface area contributed by atoms with Gasteiger partial charge in [-0.2, -0.15) is 0 Å². The molecule has 5 rings (SSSR count). The molecule has 9 heteroatoms. The molecule has 8 nitrogen and oxygen atoms in total. The van der Waals surface area contributed by atoms with Crippen LogP contribution < -0.4 is 0 Å². The molecule has 0 spiro atoms. The lowest BCUT2D eigenvalue weighted by molar-refractivity contribution is 0.0581. The number of thiazole rings is 1. The molecule has 2 aliphatic rings. The fourth-order valence-corrected chi connectivity index (χ4v) is 5.77. The van der Waals surface area contributed by atoms with Crippen LogP contribution in [-0.2, 0) is 4.74 Å². The van der Waals surface area contributed by atoms with E-state index in [2.05, 4.69) is 17.9 Å². The van der Waals surface area contributed by atoms with E-state index < -0.39 is 0 Å². The maximum atomic E-state index is 13.2. The number of nitrogens with zero attached hydrogens (tertiary/aromatic N) is 4. The molecule has 3 heterocycles. The highest BCUT2D eigenvalue weighted by Crippen LogP contribution is 2.30. The summed E-state index contributed by atoms with van der Waals surface area (Å²) in [6, 6.07) is 13.2. The fraction of sp³-hybridized carbons (Fsp3) is 0.385. The number of amides is 3. The topological polar surface area (TPSA) is 83.1 Å². The summed E-state index contributed by atoms with van der Waals surface area (Å²) in [7, 11) is 1.58. The van der Waals surface area contributed by atoms with E-state index in [1.807, 2.05) is 23.1 Å². The summed E-state index contributed by atoms with van der Waals surface area (Å²) >= 11 is 1.72. The highest BCUT2D eigenvalue weighted by atomic mass is 32.1. The molecule has 3 aromatic rings. The van der Waals surface area contributed by atoms with Crippen molar-refractivity contribution < 1.29 is 19.1 Å². The number of imide groups is 1. The van der Waals surface area contributed by atoms with Gasteiger partial charge in [0.1, 0.15) is 5.01 Å². The van der Waals surface area contributed by atoms with Gasteiger partial charge in [0.15, 0.2) is 0 Å². The van der Waals surface area contributed by atoms with E-state index in [0.717, 1.165) is 23.6 Å². The Balaban J connectivity index is 1.23. The predicted octanol–water partition coefficient (Wildman–Crippen LogP) is 3.45. The van der Waals surface area contributed by atoms with Crippen LogP contribution in [0.15, 0.2) is 42.5 Å². The normalized spacial score (nSPS) is 17.3. The third-order valence-corrected chi connectivity index (χ3v) is 7.97. The molecule has 0 bridgehead atoms. The van der Waals surface area contributed by atoms with E-state index in [-0.39, 0.29) is 23.8 Å². The summed E-state index contributed by atoms with van der Waals surface area (Å²) < 4.78 is 6.21. The molecular formula is C26H28N4O4S. The number of carbonyl (C=O) groups excluding carboxylic acids is 3. The van der Waals surface area contributed by atoms with Gasteiger partial charge in [0, 0.05) is 52.0 Å². The Morgan fingerprint density at radius 3 is 2.54 bits per heavy atom. The molecule has 0 radical (unpaired) electrons. The number of methoxy groups -OCH3 is 1. The van der Waals surface area contributed by atoms with Crippen LogP contribution in [0.25, 0.3) is 10.2 Å². The quantitative estimate of drug-likeness (QED) is 0.371. The molecule has 2 aliphatic heterocycles. The number of para-hydroxylation sites is 1. The molecule has 182 valence electrons. The fourth-order valence-electron chi connectivity index (χ4n) is 4.71. The molecule has 1 atom stereocenters. The van der Waals surface area contributed by atoms with Crippen LogP contribution in [0.1, 0.15) is 55.5 Å². The first-order valence-corrected chi connectivity index (χ1v) is 12.7. The van der Waals surface area contributed by atoms with Crippen LogP contribution in [0.3, 0.4) is 0 Å². The van der Waals surface area contributed by atoms with Crippen LogP contribution in [0.4, 0.5) is 0 Å². The zero-order valence-electron chi connectivity index (χ0n) is 19.9. The van der Waals surface area contributed by atoms with E-state index >= 15 is 0 Å². The zero-order valence-corrected chi connectivity index (χ0v) is 20.7. The average Bonchev–Trinajstić information content (AvgIpc) is 3.43. The predicted molar refractivity (Wildman–Crippen MR) is 134 cm³/mol. The average molecular weight is 493 g/mol. The van der Waals surface area contributed by atoms with E-state index in [0.29, 0.717) is 49.4 Å². The molecule has 0 unspecified atom stereocenters. The Labute approximate surface area is 208 Å². The molecule has 0 aliphatic carbocycles. The molecule has 3 amide bonds. The highest BCUT2D eigenvalue weighted by molar-refractivity contribution is 7.18. The third-order valence-electron chi connectivity index (χ3n) is 6.76. The second kappa shape index (κ2) is 9.85. The van der Waals surface area contributed by atoms with Crippen molar-refractivity contribution in [3.05, 3.63) is 64.2 Å². The second-order valence-corrected chi connectivity index (χ2v) is 9.95. The van der Waals surface area contributed by atoms with Crippen LogP contribution in [-0.4, -0.2) is 83.8 Å². The summed E-state index contributed by atoms with van der Waals surface area (Å²) in [5.41, 5.74) is 2.13. The van der Waals surface area contributed by atoms with Crippen molar-refractivity contribution in [1.82, 2.24) is 19.7 Å². The standard InChI is InChI=1S/C26H28N4O4S/c1-17(23-27-21-6-3-4-7-22(21)35-23)28-11-13-29(14-12-28)24(31)18-8-9-19-20(16-18)26(33)30(25(19)32)10-5-15-34-2/h3-4,6-9,16-17H,5,10-15H2,1-2H3/t17-/m1/s1. The van der Waals surface area contributed by atoms with Crippen LogP contribution in [0.5, 0.6) is 0 Å². The van der Waals surface area contributed by atoms with Crippen molar-refractivity contribution in [3.63, 3.8) is 0 Å². The third kappa shape index (κ3) is 4.47. The summed E-state index contributed by atoms with van der Waals surface area (Å²) in [5, 5.41) is 1.09. The highest BCUT2D eigenvalue weighted by Gasteiger charge is 2.36.